The fourth-order valence-corrected chi connectivity index (χ4v) is 2.86. The summed E-state index contributed by atoms with van der Waals surface area (Å²) in [4.78, 5) is 34.0. The van der Waals surface area contributed by atoms with E-state index in [1.165, 1.54) is 20.8 Å². The van der Waals surface area contributed by atoms with Gasteiger partial charge in [-0.3, -0.25) is 14.4 Å². The number of hydrogen-bond donors (Lipinski definition) is 0. The van der Waals surface area contributed by atoms with Crippen molar-refractivity contribution in [3.8, 4) is 0 Å². The van der Waals surface area contributed by atoms with Crippen LogP contribution in [0.1, 0.15) is 34.6 Å². The van der Waals surface area contributed by atoms with Crippen molar-refractivity contribution in [2.24, 2.45) is 0 Å². The van der Waals surface area contributed by atoms with E-state index in [0.29, 0.717) is 6.61 Å². The zero-order valence-electron chi connectivity index (χ0n) is 16.1. The fourth-order valence-electron chi connectivity index (χ4n) is 2.86. The first-order valence-corrected chi connectivity index (χ1v) is 8.64. The van der Waals surface area contributed by atoms with Crippen LogP contribution < -0.4 is 0 Å². The monoisotopic (exact) mass is 390 g/mol. The quantitative estimate of drug-likeness (QED) is 0.444. The summed E-state index contributed by atoms with van der Waals surface area (Å²) in [6.07, 6.45) is -4.19. The minimum Gasteiger partial charge on any atom is -0.463 e. The van der Waals surface area contributed by atoms with Gasteiger partial charge >= 0.3 is 17.9 Å². The van der Waals surface area contributed by atoms with Crippen molar-refractivity contribution in [1.29, 1.82) is 0 Å². The maximum absolute atomic E-state index is 11.5. The highest BCUT2D eigenvalue weighted by molar-refractivity contribution is 5.67. The van der Waals surface area contributed by atoms with Crippen molar-refractivity contribution in [3.63, 3.8) is 0 Å². The Balaban J connectivity index is 2.06. The van der Waals surface area contributed by atoms with Gasteiger partial charge in [-0.15, -0.1) is 0 Å². The molecule has 0 N–H and O–H groups in total. The second-order valence-electron chi connectivity index (χ2n) is 6.78. The smallest absolute Gasteiger partial charge is 0.303 e. The van der Waals surface area contributed by atoms with Gasteiger partial charge in [-0.05, 0) is 13.8 Å². The van der Waals surface area contributed by atoms with Gasteiger partial charge < -0.3 is 33.2 Å². The molecule has 2 heterocycles. The van der Waals surface area contributed by atoms with Crippen LogP contribution in [0.25, 0.3) is 0 Å². The SMILES string of the molecule is CC(=O)OC[C@H]1O[C@@H](OC[C@H]2COC(C)(C)O2)[C@H](OC(C)=O)[C@@H]1OC(C)=O. The van der Waals surface area contributed by atoms with Crippen LogP contribution in [0.2, 0.25) is 0 Å². The third-order valence-electron chi connectivity index (χ3n) is 3.84. The van der Waals surface area contributed by atoms with E-state index in [1.807, 2.05) is 0 Å². The van der Waals surface area contributed by atoms with Crippen molar-refractivity contribution >= 4 is 17.9 Å². The lowest BCUT2D eigenvalue weighted by molar-refractivity contribution is -0.203. The van der Waals surface area contributed by atoms with E-state index in [2.05, 4.69) is 0 Å². The fraction of sp³-hybridized carbons (Fsp3) is 0.824. The van der Waals surface area contributed by atoms with Gasteiger partial charge in [0.1, 0.15) is 18.8 Å². The molecule has 0 aromatic carbocycles. The molecule has 0 aliphatic carbocycles. The van der Waals surface area contributed by atoms with Crippen LogP contribution in [0.3, 0.4) is 0 Å². The molecular formula is C17H26O10. The Morgan fingerprint density at radius 3 is 2.11 bits per heavy atom. The van der Waals surface area contributed by atoms with Crippen molar-refractivity contribution in [3.05, 3.63) is 0 Å². The molecule has 0 bridgehead atoms. The predicted molar refractivity (Wildman–Crippen MR) is 87.3 cm³/mol. The maximum atomic E-state index is 11.5. The molecule has 2 aliphatic rings. The lowest BCUT2D eigenvalue weighted by atomic mass is 10.1. The number of ether oxygens (including phenoxy) is 7. The summed E-state index contributed by atoms with van der Waals surface area (Å²) in [5, 5.41) is 0. The first-order valence-electron chi connectivity index (χ1n) is 8.64. The molecule has 0 unspecified atom stereocenters. The number of esters is 3. The summed E-state index contributed by atoms with van der Waals surface area (Å²) in [5.74, 6) is -2.42. The van der Waals surface area contributed by atoms with E-state index in [-0.39, 0.29) is 19.3 Å². The summed E-state index contributed by atoms with van der Waals surface area (Å²) < 4.78 is 38.0. The van der Waals surface area contributed by atoms with Gasteiger partial charge in [0.25, 0.3) is 0 Å². The van der Waals surface area contributed by atoms with E-state index >= 15 is 0 Å². The first-order chi connectivity index (χ1) is 12.6. The highest BCUT2D eigenvalue weighted by atomic mass is 16.8. The Kier molecular flexibility index (Phi) is 7.15. The molecule has 0 saturated carbocycles. The van der Waals surface area contributed by atoms with Gasteiger partial charge in [-0.2, -0.15) is 0 Å². The summed E-state index contributed by atoms with van der Waals surface area (Å²) in [6.45, 7) is 7.51. The molecular weight excluding hydrogens is 364 g/mol. The molecule has 10 heteroatoms. The van der Waals surface area contributed by atoms with E-state index < -0.39 is 48.3 Å². The molecule has 2 saturated heterocycles. The molecule has 0 radical (unpaired) electrons. The second-order valence-corrected chi connectivity index (χ2v) is 6.78. The van der Waals surface area contributed by atoms with E-state index in [1.54, 1.807) is 13.8 Å². The van der Waals surface area contributed by atoms with Gasteiger partial charge in [-0.1, -0.05) is 0 Å². The summed E-state index contributed by atoms with van der Waals surface area (Å²) in [7, 11) is 0. The van der Waals surface area contributed by atoms with Gasteiger partial charge in [0.05, 0.1) is 13.2 Å². The Morgan fingerprint density at radius 2 is 1.59 bits per heavy atom. The molecule has 2 aliphatic heterocycles. The zero-order valence-corrected chi connectivity index (χ0v) is 16.1. The lowest BCUT2D eigenvalue weighted by Crippen LogP contribution is -2.42. The van der Waals surface area contributed by atoms with Gasteiger partial charge in [-0.25, -0.2) is 0 Å². The van der Waals surface area contributed by atoms with E-state index in [9.17, 15) is 14.4 Å². The molecule has 0 spiro atoms. The minimum atomic E-state index is -1.02. The van der Waals surface area contributed by atoms with Crippen LogP contribution in [0, 0.1) is 0 Å². The molecule has 2 fully saturated rings. The largest absolute Gasteiger partial charge is 0.463 e. The van der Waals surface area contributed by atoms with Gasteiger partial charge in [0, 0.05) is 20.8 Å². The van der Waals surface area contributed by atoms with Crippen LogP contribution in [0.4, 0.5) is 0 Å². The van der Waals surface area contributed by atoms with Crippen LogP contribution >= 0.6 is 0 Å². The normalized spacial score (nSPS) is 32.1. The standard InChI is InChI=1S/C17H26O10/c1-9(18)21-8-13-14(24-10(2)19)15(25-11(3)20)16(26-13)22-6-12-7-23-17(4,5)27-12/h12-16H,6-8H2,1-5H3/t12-,13+,14+,15+,16+/m0/s1. The summed E-state index contributed by atoms with van der Waals surface area (Å²) in [6, 6.07) is 0. The Bertz CT molecular complexity index is 560. The predicted octanol–water partition coefficient (Wildman–Crippen LogP) is 0.306. The highest BCUT2D eigenvalue weighted by Crippen LogP contribution is 2.30. The van der Waals surface area contributed by atoms with Crippen molar-refractivity contribution in [2.75, 3.05) is 19.8 Å². The number of rotatable bonds is 7. The zero-order chi connectivity index (χ0) is 20.2. The van der Waals surface area contributed by atoms with Crippen LogP contribution in [-0.4, -0.2) is 74.2 Å². The van der Waals surface area contributed by atoms with E-state index in [0.717, 1.165) is 0 Å². The maximum Gasteiger partial charge on any atom is 0.303 e. The van der Waals surface area contributed by atoms with Crippen LogP contribution in [0.5, 0.6) is 0 Å². The third-order valence-corrected chi connectivity index (χ3v) is 3.84. The lowest BCUT2D eigenvalue weighted by Gasteiger charge is -2.24. The Hall–Kier alpha value is -1.75. The van der Waals surface area contributed by atoms with Crippen LogP contribution in [0.15, 0.2) is 0 Å². The van der Waals surface area contributed by atoms with Crippen molar-refractivity contribution in [1.82, 2.24) is 0 Å². The van der Waals surface area contributed by atoms with Crippen molar-refractivity contribution in [2.45, 2.75) is 71.1 Å². The molecule has 0 aromatic rings. The average molecular weight is 390 g/mol. The number of carbonyl (C=O) groups is 3. The van der Waals surface area contributed by atoms with Crippen molar-refractivity contribution < 1.29 is 47.5 Å². The Labute approximate surface area is 157 Å². The van der Waals surface area contributed by atoms with E-state index in [4.69, 9.17) is 33.2 Å². The second kappa shape index (κ2) is 8.96. The van der Waals surface area contributed by atoms with Gasteiger partial charge in [0.2, 0.25) is 0 Å². The third kappa shape index (κ3) is 6.42. The van der Waals surface area contributed by atoms with Crippen LogP contribution in [-0.2, 0) is 47.5 Å². The molecule has 0 amide bonds. The molecule has 5 atom stereocenters. The molecule has 0 aromatic heterocycles. The summed E-state index contributed by atoms with van der Waals surface area (Å²) >= 11 is 0. The number of carbonyl (C=O) groups excluding carboxylic acids is 3. The Morgan fingerprint density at radius 1 is 0.963 bits per heavy atom. The molecule has 2 rings (SSSR count). The molecule has 154 valence electrons. The minimum absolute atomic E-state index is 0.110. The molecule has 10 nitrogen and oxygen atoms in total. The average Bonchev–Trinajstić information content (AvgIpc) is 3.03. The molecule has 27 heavy (non-hydrogen) atoms. The number of hydrogen-bond acceptors (Lipinski definition) is 10. The first kappa shape index (κ1) is 21.5. The van der Waals surface area contributed by atoms with Gasteiger partial charge in [0.15, 0.2) is 24.3 Å². The highest BCUT2D eigenvalue weighted by Gasteiger charge is 2.50. The topological polar surface area (TPSA) is 116 Å². The summed E-state index contributed by atoms with van der Waals surface area (Å²) in [5.41, 5.74) is 0.